The molecule has 0 aliphatic rings. The molecule has 0 bridgehead atoms. The second-order valence-corrected chi connectivity index (χ2v) is 4.08. The number of ketones is 1. The molecule has 2 aromatic rings. The number of benzene rings is 1. The highest BCUT2D eigenvalue weighted by Gasteiger charge is 2.13. The molecule has 4 heteroatoms. The molecule has 3 nitrogen and oxygen atoms in total. The Morgan fingerprint density at radius 2 is 2.06 bits per heavy atom. The molecule has 0 atom stereocenters. The summed E-state index contributed by atoms with van der Waals surface area (Å²) in [5, 5.41) is 4.24. The average molecular weight is 232 g/mol. The Labute approximate surface area is 98.9 Å². The van der Waals surface area contributed by atoms with Crippen LogP contribution in [0.25, 0.3) is 5.69 Å². The summed E-state index contributed by atoms with van der Waals surface area (Å²) in [4.78, 5) is 11.5. The van der Waals surface area contributed by atoms with Crippen molar-refractivity contribution in [2.75, 3.05) is 0 Å². The fraction of sp³-hybridized carbons (Fsp3) is 0.231. The molecule has 0 spiro atoms. The minimum absolute atomic E-state index is 0.174. The van der Waals surface area contributed by atoms with Gasteiger partial charge >= 0.3 is 0 Å². The third-order valence-corrected chi connectivity index (χ3v) is 2.63. The molecule has 0 radical (unpaired) electrons. The van der Waals surface area contributed by atoms with Gasteiger partial charge in [-0.15, -0.1) is 0 Å². The largest absolute Gasteiger partial charge is 0.294 e. The van der Waals surface area contributed by atoms with Crippen LogP contribution in [0.4, 0.5) is 4.39 Å². The fourth-order valence-electron chi connectivity index (χ4n) is 1.69. The first-order valence-corrected chi connectivity index (χ1v) is 5.33. The van der Waals surface area contributed by atoms with E-state index in [2.05, 4.69) is 5.10 Å². The van der Waals surface area contributed by atoms with Gasteiger partial charge in [0.1, 0.15) is 5.82 Å². The molecule has 0 N–H and O–H groups in total. The number of halogens is 1. The first kappa shape index (κ1) is 11.5. The molecule has 0 aliphatic heterocycles. The van der Waals surface area contributed by atoms with Crippen LogP contribution in [0.2, 0.25) is 0 Å². The topological polar surface area (TPSA) is 34.9 Å². The predicted molar refractivity (Wildman–Crippen MR) is 63.0 cm³/mol. The van der Waals surface area contributed by atoms with Gasteiger partial charge < -0.3 is 0 Å². The van der Waals surface area contributed by atoms with Gasteiger partial charge in [0, 0.05) is 11.8 Å². The lowest BCUT2D eigenvalue weighted by molar-refractivity contribution is 0.101. The molecule has 0 fully saturated rings. The van der Waals surface area contributed by atoms with E-state index < -0.39 is 0 Å². The van der Waals surface area contributed by atoms with Crippen LogP contribution < -0.4 is 0 Å². The zero-order valence-corrected chi connectivity index (χ0v) is 9.99. The average Bonchev–Trinajstić information content (AvgIpc) is 2.68. The lowest BCUT2D eigenvalue weighted by Crippen LogP contribution is -2.06. The SMILES string of the molecule is CC(=O)c1cc(F)c(C)cc1-n1ccc(C)n1. The third kappa shape index (κ3) is 2.11. The Balaban J connectivity index is 2.67. The Morgan fingerprint density at radius 3 is 2.59 bits per heavy atom. The summed E-state index contributed by atoms with van der Waals surface area (Å²) in [6, 6.07) is 4.74. The van der Waals surface area contributed by atoms with Crippen molar-refractivity contribution in [2.24, 2.45) is 0 Å². The summed E-state index contributed by atoms with van der Waals surface area (Å²) >= 11 is 0. The van der Waals surface area contributed by atoms with Crippen molar-refractivity contribution in [1.29, 1.82) is 0 Å². The van der Waals surface area contributed by atoms with Crippen LogP contribution in [0.3, 0.4) is 0 Å². The number of hydrogen-bond acceptors (Lipinski definition) is 2. The van der Waals surface area contributed by atoms with Gasteiger partial charge in [0.25, 0.3) is 0 Å². The molecule has 0 amide bonds. The molecule has 17 heavy (non-hydrogen) atoms. The van der Waals surface area contributed by atoms with Gasteiger partial charge in [-0.2, -0.15) is 5.10 Å². The molecule has 2 rings (SSSR count). The van der Waals surface area contributed by atoms with Gasteiger partial charge in [-0.05, 0) is 44.5 Å². The van der Waals surface area contributed by atoms with E-state index in [1.54, 1.807) is 23.9 Å². The van der Waals surface area contributed by atoms with Crippen molar-refractivity contribution in [2.45, 2.75) is 20.8 Å². The molecular formula is C13H13FN2O. The van der Waals surface area contributed by atoms with Crippen molar-refractivity contribution in [1.82, 2.24) is 9.78 Å². The van der Waals surface area contributed by atoms with E-state index in [4.69, 9.17) is 0 Å². The molecule has 0 saturated carbocycles. The number of carbonyl (C=O) groups excluding carboxylic acids is 1. The number of Topliss-reactive ketones (excluding diaryl/α,β-unsaturated/α-hetero) is 1. The van der Waals surface area contributed by atoms with E-state index in [-0.39, 0.29) is 11.6 Å². The van der Waals surface area contributed by atoms with Gasteiger partial charge in [-0.25, -0.2) is 9.07 Å². The maximum Gasteiger partial charge on any atom is 0.162 e. The lowest BCUT2D eigenvalue weighted by Gasteiger charge is -2.09. The number of aromatic nitrogens is 2. The molecule has 88 valence electrons. The van der Waals surface area contributed by atoms with E-state index in [1.165, 1.54) is 13.0 Å². The highest BCUT2D eigenvalue weighted by Crippen LogP contribution is 2.19. The van der Waals surface area contributed by atoms with Gasteiger partial charge in [0.2, 0.25) is 0 Å². The second-order valence-electron chi connectivity index (χ2n) is 4.08. The van der Waals surface area contributed by atoms with Gasteiger partial charge in [-0.1, -0.05) is 0 Å². The monoisotopic (exact) mass is 232 g/mol. The maximum atomic E-state index is 13.5. The number of aryl methyl sites for hydroxylation is 2. The summed E-state index contributed by atoms with van der Waals surface area (Å²) < 4.78 is 15.1. The first-order valence-electron chi connectivity index (χ1n) is 5.33. The Hall–Kier alpha value is -1.97. The summed E-state index contributed by atoms with van der Waals surface area (Å²) in [5.41, 5.74) is 2.31. The number of hydrogen-bond donors (Lipinski definition) is 0. The normalized spacial score (nSPS) is 10.6. The third-order valence-electron chi connectivity index (χ3n) is 2.63. The maximum absolute atomic E-state index is 13.5. The molecule has 0 unspecified atom stereocenters. The van der Waals surface area contributed by atoms with Crippen molar-refractivity contribution < 1.29 is 9.18 Å². The van der Waals surface area contributed by atoms with Crippen LogP contribution in [-0.4, -0.2) is 15.6 Å². The molecule has 1 aromatic heterocycles. The van der Waals surface area contributed by atoms with Crippen LogP contribution in [0.5, 0.6) is 0 Å². The van der Waals surface area contributed by atoms with Gasteiger partial charge in [0.15, 0.2) is 5.78 Å². The van der Waals surface area contributed by atoms with E-state index >= 15 is 0 Å². The molecule has 1 aromatic carbocycles. The van der Waals surface area contributed by atoms with E-state index in [0.717, 1.165) is 5.69 Å². The van der Waals surface area contributed by atoms with Crippen LogP contribution in [0, 0.1) is 19.7 Å². The van der Waals surface area contributed by atoms with Crippen molar-refractivity contribution >= 4 is 5.78 Å². The fourth-order valence-corrected chi connectivity index (χ4v) is 1.69. The van der Waals surface area contributed by atoms with E-state index in [9.17, 15) is 9.18 Å². The van der Waals surface area contributed by atoms with Crippen molar-refractivity contribution in [3.63, 3.8) is 0 Å². The quantitative estimate of drug-likeness (QED) is 0.746. The molecule has 1 heterocycles. The lowest BCUT2D eigenvalue weighted by atomic mass is 10.1. The summed E-state index contributed by atoms with van der Waals surface area (Å²) in [6.45, 7) is 4.95. The van der Waals surface area contributed by atoms with Crippen LogP contribution in [0.15, 0.2) is 24.4 Å². The van der Waals surface area contributed by atoms with Crippen LogP contribution >= 0.6 is 0 Å². The molecular weight excluding hydrogens is 219 g/mol. The summed E-state index contributed by atoms with van der Waals surface area (Å²) in [5.74, 6) is -0.546. The minimum atomic E-state index is -0.372. The summed E-state index contributed by atoms with van der Waals surface area (Å²) in [6.07, 6.45) is 1.76. The minimum Gasteiger partial charge on any atom is -0.294 e. The second kappa shape index (κ2) is 4.13. The number of rotatable bonds is 2. The predicted octanol–water partition coefficient (Wildman–Crippen LogP) is 2.83. The Morgan fingerprint density at radius 1 is 1.35 bits per heavy atom. The van der Waals surface area contributed by atoms with Crippen LogP contribution in [0.1, 0.15) is 28.5 Å². The van der Waals surface area contributed by atoms with Crippen LogP contribution in [-0.2, 0) is 0 Å². The zero-order chi connectivity index (χ0) is 12.6. The standard InChI is InChI=1S/C13H13FN2O/c1-8-6-13(16-5-4-9(2)15-16)11(10(3)17)7-12(8)14/h4-7H,1-3H3. The van der Waals surface area contributed by atoms with Gasteiger partial charge in [0.05, 0.1) is 11.4 Å². The molecule has 0 saturated heterocycles. The van der Waals surface area contributed by atoms with E-state index in [0.29, 0.717) is 16.8 Å². The number of nitrogens with zero attached hydrogens (tertiary/aromatic N) is 2. The van der Waals surface area contributed by atoms with Crippen molar-refractivity contribution in [3.05, 3.63) is 47.0 Å². The molecule has 0 aliphatic carbocycles. The first-order chi connectivity index (χ1) is 7.99. The Bertz CT molecular complexity index is 587. The highest BCUT2D eigenvalue weighted by atomic mass is 19.1. The smallest absolute Gasteiger partial charge is 0.162 e. The van der Waals surface area contributed by atoms with Gasteiger partial charge in [-0.3, -0.25) is 4.79 Å². The number of carbonyl (C=O) groups is 1. The highest BCUT2D eigenvalue weighted by molar-refractivity contribution is 5.97. The zero-order valence-electron chi connectivity index (χ0n) is 9.99. The van der Waals surface area contributed by atoms with E-state index in [1.807, 2.05) is 13.0 Å². The van der Waals surface area contributed by atoms with Crippen molar-refractivity contribution in [3.8, 4) is 5.69 Å². The Kier molecular flexibility index (Phi) is 2.79. The summed E-state index contributed by atoms with van der Waals surface area (Å²) in [7, 11) is 0.